The molecule has 3 rings (SSSR count). The van der Waals surface area contributed by atoms with Gasteiger partial charge in [-0.25, -0.2) is 13.8 Å². The van der Waals surface area contributed by atoms with Gasteiger partial charge < -0.3 is 4.74 Å². The third kappa shape index (κ3) is 4.40. The number of methoxy groups -OCH3 is 1. The van der Waals surface area contributed by atoms with Crippen LogP contribution in [0.4, 0.5) is 0 Å². The van der Waals surface area contributed by atoms with Crippen LogP contribution < -0.4 is 10.2 Å². The highest BCUT2D eigenvalue weighted by atomic mass is 32.2. The van der Waals surface area contributed by atoms with E-state index in [0.717, 1.165) is 18.4 Å². The maximum Gasteiger partial charge on any atom is 0.271 e. The third-order valence-electron chi connectivity index (χ3n) is 4.61. The molecule has 0 aromatic heterocycles. The molecule has 0 saturated carbocycles. The minimum absolute atomic E-state index is 0.121. The van der Waals surface area contributed by atoms with E-state index in [4.69, 9.17) is 4.74 Å². The number of rotatable bonds is 6. The summed E-state index contributed by atoms with van der Waals surface area (Å²) in [6.07, 6.45) is 1.72. The van der Waals surface area contributed by atoms with Crippen molar-refractivity contribution in [3.05, 3.63) is 59.7 Å². The number of sulfonamides is 1. The molecule has 1 N–H and O–H groups in total. The molecule has 28 heavy (non-hydrogen) atoms. The maximum atomic E-state index is 12.7. The van der Waals surface area contributed by atoms with Gasteiger partial charge in [-0.05, 0) is 50.1 Å². The lowest BCUT2D eigenvalue weighted by molar-refractivity contribution is 0.0954. The van der Waals surface area contributed by atoms with E-state index >= 15 is 0 Å². The number of hydrogen-bond donors (Lipinski definition) is 1. The van der Waals surface area contributed by atoms with E-state index in [1.54, 1.807) is 26.2 Å². The number of carbonyl (C=O) groups is 1. The third-order valence-corrected chi connectivity index (χ3v) is 6.51. The van der Waals surface area contributed by atoms with Gasteiger partial charge in [0.05, 0.1) is 17.7 Å². The molecular weight excluding hydrogens is 378 g/mol. The minimum atomic E-state index is -3.57. The molecule has 1 saturated heterocycles. The van der Waals surface area contributed by atoms with E-state index in [9.17, 15) is 13.2 Å². The van der Waals surface area contributed by atoms with Crippen molar-refractivity contribution >= 4 is 21.6 Å². The number of nitrogens with one attached hydrogen (secondary N) is 1. The van der Waals surface area contributed by atoms with Crippen LogP contribution in [-0.2, 0) is 10.0 Å². The van der Waals surface area contributed by atoms with Crippen LogP contribution in [0, 0.1) is 0 Å². The second-order valence-electron chi connectivity index (χ2n) is 6.51. The summed E-state index contributed by atoms with van der Waals surface area (Å²) in [5.74, 6) is 0.221. The molecule has 0 radical (unpaired) electrons. The Balaban J connectivity index is 1.76. The molecule has 0 bridgehead atoms. The lowest BCUT2D eigenvalue weighted by Gasteiger charge is -2.15. The van der Waals surface area contributed by atoms with Crippen LogP contribution in [0.15, 0.2) is 58.5 Å². The van der Waals surface area contributed by atoms with E-state index in [0.29, 0.717) is 24.6 Å². The zero-order valence-electron chi connectivity index (χ0n) is 15.9. The molecule has 1 aliphatic rings. The number of hydrogen-bond acceptors (Lipinski definition) is 5. The summed E-state index contributed by atoms with van der Waals surface area (Å²) in [5.41, 5.74) is 4.14. The minimum Gasteiger partial charge on any atom is -0.497 e. The first kappa shape index (κ1) is 20.0. The van der Waals surface area contributed by atoms with Crippen LogP contribution in [0.5, 0.6) is 5.75 Å². The van der Waals surface area contributed by atoms with Crippen LogP contribution in [0.1, 0.15) is 35.7 Å². The van der Waals surface area contributed by atoms with Crippen molar-refractivity contribution in [3.63, 3.8) is 0 Å². The average Bonchev–Trinajstić information content (AvgIpc) is 3.27. The lowest BCUT2D eigenvalue weighted by atomic mass is 10.1. The summed E-state index contributed by atoms with van der Waals surface area (Å²) < 4.78 is 32.0. The van der Waals surface area contributed by atoms with E-state index in [1.807, 2.05) is 24.3 Å². The predicted molar refractivity (Wildman–Crippen MR) is 107 cm³/mol. The van der Waals surface area contributed by atoms with Gasteiger partial charge in [0.15, 0.2) is 0 Å². The molecule has 148 valence electrons. The molecule has 1 aliphatic heterocycles. The summed E-state index contributed by atoms with van der Waals surface area (Å²) in [7, 11) is -1.99. The van der Waals surface area contributed by atoms with Crippen molar-refractivity contribution in [1.29, 1.82) is 0 Å². The summed E-state index contributed by atoms with van der Waals surface area (Å²) in [6.45, 7) is 2.80. The highest BCUT2D eigenvalue weighted by molar-refractivity contribution is 7.89. The van der Waals surface area contributed by atoms with Crippen LogP contribution in [0.25, 0.3) is 0 Å². The zero-order chi connectivity index (χ0) is 20.1. The van der Waals surface area contributed by atoms with Crippen molar-refractivity contribution < 1.29 is 17.9 Å². The second kappa shape index (κ2) is 8.53. The number of nitrogens with zero attached hydrogens (tertiary/aromatic N) is 2. The summed E-state index contributed by atoms with van der Waals surface area (Å²) in [5, 5.41) is 4.12. The van der Waals surface area contributed by atoms with E-state index < -0.39 is 15.9 Å². The first-order valence-electron chi connectivity index (χ1n) is 9.01. The van der Waals surface area contributed by atoms with Gasteiger partial charge in [0, 0.05) is 24.2 Å². The lowest BCUT2D eigenvalue weighted by Crippen LogP contribution is -2.28. The molecule has 7 nitrogen and oxygen atoms in total. The smallest absolute Gasteiger partial charge is 0.271 e. The highest BCUT2D eigenvalue weighted by Crippen LogP contribution is 2.21. The Hall–Kier alpha value is -2.71. The van der Waals surface area contributed by atoms with Gasteiger partial charge in [-0.3, -0.25) is 4.79 Å². The molecule has 0 aliphatic carbocycles. The van der Waals surface area contributed by atoms with Gasteiger partial charge >= 0.3 is 0 Å². The molecule has 2 aromatic rings. The Morgan fingerprint density at radius 1 is 1.07 bits per heavy atom. The Morgan fingerprint density at radius 2 is 1.75 bits per heavy atom. The molecule has 0 unspecified atom stereocenters. The number of ether oxygens (including phenoxy) is 1. The van der Waals surface area contributed by atoms with Gasteiger partial charge in [-0.2, -0.15) is 9.41 Å². The van der Waals surface area contributed by atoms with Crippen LogP contribution in [0.3, 0.4) is 0 Å². The van der Waals surface area contributed by atoms with Gasteiger partial charge in [0.1, 0.15) is 5.75 Å². The van der Waals surface area contributed by atoms with Gasteiger partial charge in [-0.1, -0.05) is 18.2 Å². The second-order valence-corrected chi connectivity index (χ2v) is 8.45. The van der Waals surface area contributed by atoms with Crippen LogP contribution in [-0.4, -0.2) is 44.5 Å². The van der Waals surface area contributed by atoms with Gasteiger partial charge in [0.2, 0.25) is 10.0 Å². The fourth-order valence-corrected chi connectivity index (χ4v) is 4.55. The van der Waals surface area contributed by atoms with Crippen molar-refractivity contribution in [2.24, 2.45) is 5.10 Å². The highest BCUT2D eigenvalue weighted by Gasteiger charge is 2.27. The molecule has 1 heterocycles. The summed E-state index contributed by atoms with van der Waals surface area (Å²) >= 11 is 0. The van der Waals surface area contributed by atoms with Crippen molar-refractivity contribution in [2.75, 3.05) is 20.2 Å². The first-order valence-corrected chi connectivity index (χ1v) is 10.4. The Morgan fingerprint density at radius 3 is 2.46 bits per heavy atom. The quantitative estimate of drug-likeness (QED) is 0.595. The number of benzene rings is 2. The molecule has 8 heteroatoms. The summed E-state index contributed by atoms with van der Waals surface area (Å²) in [6, 6.07) is 13.4. The molecule has 2 aromatic carbocycles. The topological polar surface area (TPSA) is 88.1 Å². The van der Waals surface area contributed by atoms with Crippen molar-refractivity contribution in [2.45, 2.75) is 24.7 Å². The fraction of sp³-hybridized carbons (Fsp3) is 0.300. The monoisotopic (exact) mass is 401 g/mol. The molecular formula is C20H23N3O4S. The van der Waals surface area contributed by atoms with Crippen molar-refractivity contribution in [3.8, 4) is 5.75 Å². The number of carbonyl (C=O) groups excluding carboxylic acids is 1. The van der Waals surface area contributed by atoms with E-state index in [2.05, 4.69) is 10.5 Å². The first-order chi connectivity index (χ1) is 13.4. The Labute approximate surface area is 165 Å². The number of hydrazone groups is 1. The van der Waals surface area contributed by atoms with Crippen molar-refractivity contribution in [1.82, 2.24) is 9.73 Å². The normalized spacial score (nSPS) is 15.4. The largest absolute Gasteiger partial charge is 0.497 e. The van der Waals surface area contributed by atoms with Gasteiger partial charge in [-0.15, -0.1) is 0 Å². The van der Waals surface area contributed by atoms with E-state index in [-0.39, 0.29) is 10.5 Å². The molecule has 0 atom stereocenters. The van der Waals surface area contributed by atoms with Crippen LogP contribution >= 0.6 is 0 Å². The standard InChI is InChI=1S/C20H23N3O4S/c1-15(16-7-5-9-18(13-16)27-2)21-22-20(24)17-8-6-10-19(14-17)28(25,26)23-11-3-4-12-23/h5-10,13-14H,3-4,11-12H2,1-2H3,(H,22,24)/b21-15-. The Kier molecular flexibility index (Phi) is 6.11. The molecule has 1 amide bonds. The fourth-order valence-electron chi connectivity index (χ4n) is 2.99. The van der Waals surface area contributed by atoms with Crippen LogP contribution in [0.2, 0.25) is 0 Å². The summed E-state index contributed by atoms with van der Waals surface area (Å²) in [4.78, 5) is 12.6. The molecule has 0 spiro atoms. The number of amides is 1. The average molecular weight is 401 g/mol. The predicted octanol–water partition coefficient (Wildman–Crippen LogP) is 2.63. The van der Waals surface area contributed by atoms with E-state index in [1.165, 1.54) is 16.4 Å². The Bertz CT molecular complexity index is 996. The SMILES string of the molecule is COc1cccc(/C(C)=N\NC(=O)c2cccc(S(=O)(=O)N3CCCC3)c2)c1. The molecule has 1 fully saturated rings. The maximum absolute atomic E-state index is 12.7. The van der Waals surface area contributed by atoms with Gasteiger partial charge in [0.25, 0.3) is 5.91 Å². The zero-order valence-corrected chi connectivity index (χ0v) is 16.7.